The lowest BCUT2D eigenvalue weighted by Crippen LogP contribution is -2.10. The number of carbonyl (C=O) groups excluding carboxylic acids is 1. The molecule has 1 aromatic heterocycles. The third-order valence-corrected chi connectivity index (χ3v) is 6.69. The lowest BCUT2D eigenvalue weighted by Gasteiger charge is -2.11. The normalized spacial score (nSPS) is 11.7. The molecule has 3 aromatic rings. The predicted molar refractivity (Wildman–Crippen MR) is 133 cm³/mol. The molecule has 0 atom stereocenters. The first-order valence-corrected chi connectivity index (χ1v) is 13.7. The van der Waals surface area contributed by atoms with E-state index in [2.05, 4.69) is 13.8 Å². The van der Waals surface area contributed by atoms with Crippen molar-refractivity contribution in [3.05, 3.63) is 46.1 Å². The van der Waals surface area contributed by atoms with Gasteiger partial charge >= 0.3 is 5.97 Å². The number of carbonyl (C=O) groups is 1. The molecule has 0 aliphatic carbocycles. The van der Waals surface area contributed by atoms with Crippen LogP contribution in [0.3, 0.4) is 0 Å². The highest BCUT2D eigenvalue weighted by Crippen LogP contribution is 2.30. The number of ether oxygens (including phenoxy) is 2. The monoisotopic (exact) mass is 488 g/mol. The number of hydrogen-bond acceptors (Lipinski definition) is 7. The second-order valence-electron chi connectivity index (χ2n) is 8.46. The van der Waals surface area contributed by atoms with Crippen molar-refractivity contribution >= 4 is 37.7 Å². The van der Waals surface area contributed by atoms with Gasteiger partial charge in [0.2, 0.25) is 5.43 Å². The Morgan fingerprint density at radius 3 is 2.32 bits per heavy atom. The van der Waals surface area contributed by atoms with Gasteiger partial charge in [0.05, 0.1) is 29.5 Å². The second kappa shape index (κ2) is 11.5. The average Bonchev–Trinajstić information content (AvgIpc) is 2.81. The highest BCUT2D eigenvalue weighted by Gasteiger charge is 2.21. The lowest BCUT2D eigenvalue weighted by atomic mass is 10.1. The minimum absolute atomic E-state index is 0.0202. The molecule has 34 heavy (non-hydrogen) atoms. The summed E-state index contributed by atoms with van der Waals surface area (Å²) >= 11 is 0. The number of benzene rings is 2. The zero-order valence-corrected chi connectivity index (χ0v) is 20.8. The molecule has 1 heterocycles. The van der Waals surface area contributed by atoms with E-state index in [4.69, 9.17) is 13.9 Å². The van der Waals surface area contributed by atoms with Crippen molar-refractivity contribution in [1.82, 2.24) is 0 Å². The van der Waals surface area contributed by atoms with Crippen LogP contribution in [0.1, 0.15) is 69.2 Å². The molecule has 0 fully saturated rings. The van der Waals surface area contributed by atoms with E-state index in [0.29, 0.717) is 19.0 Å². The van der Waals surface area contributed by atoms with E-state index < -0.39 is 21.2 Å². The summed E-state index contributed by atoms with van der Waals surface area (Å²) in [5, 5.41) is 0.266. The fourth-order valence-electron chi connectivity index (χ4n) is 3.71. The van der Waals surface area contributed by atoms with Crippen LogP contribution in [-0.4, -0.2) is 33.9 Å². The van der Waals surface area contributed by atoms with E-state index in [1.807, 2.05) is 0 Å². The second-order valence-corrected chi connectivity index (χ2v) is 10.4. The molecule has 8 heteroatoms. The number of rotatable bonds is 12. The van der Waals surface area contributed by atoms with Crippen molar-refractivity contribution in [2.75, 3.05) is 19.5 Å². The van der Waals surface area contributed by atoms with Crippen LogP contribution in [0.2, 0.25) is 0 Å². The first kappa shape index (κ1) is 25.7. The van der Waals surface area contributed by atoms with Gasteiger partial charge in [-0.05, 0) is 37.1 Å². The third kappa shape index (κ3) is 6.17. The SMILES string of the molecule is CCCCCCOc1cc(S(C)(=O)=O)c2oc3ccc(C(=O)OCCCCC)cc3c(=O)c2c1. The summed E-state index contributed by atoms with van der Waals surface area (Å²) in [6.45, 7) is 4.91. The molecule has 0 saturated heterocycles. The van der Waals surface area contributed by atoms with Crippen LogP contribution in [-0.2, 0) is 14.6 Å². The van der Waals surface area contributed by atoms with Gasteiger partial charge in [-0.1, -0.05) is 46.0 Å². The van der Waals surface area contributed by atoms with Crippen LogP contribution in [0.5, 0.6) is 5.75 Å². The molecule has 0 spiro atoms. The lowest BCUT2D eigenvalue weighted by molar-refractivity contribution is 0.0498. The Morgan fingerprint density at radius 1 is 0.912 bits per heavy atom. The molecule has 0 bridgehead atoms. The maximum Gasteiger partial charge on any atom is 0.338 e. The first-order chi connectivity index (χ1) is 16.3. The summed E-state index contributed by atoms with van der Waals surface area (Å²) in [6, 6.07) is 7.33. The topological polar surface area (TPSA) is 99.9 Å². The quantitative estimate of drug-likeness (QED) is 0.184. The maximum atomic E-state index is 13.3. The fourth-order valence-corrected chi connectivity index (χ4v) is 4.53. The Balaban J connectivity index is 2.02. The van der Waals surface area contributed by atoms with Gasteiger partial charge in [0.15, 0.2) is 15.4 Å². The van der Waals surface area contributed by atoms with Gasteiger partial charge in [-0.25, -0.2) is 13.2 Å². The molecule has 7 nitrogen and oxygen atoms in total. The highest BCUT2D eigenvalue weighted by atomic mass is 32.2. The van der Waals surface area contributed by atoms with E-state index in [-0.39, 0.29) is 32.4 Å². The largest absolute Gasteiger partial charge is 0.494 e. The third-order valence-electron chi connectivity index (χ3n) is 5.59. The standard InChI is InChI=1S/C26H32O7S/c1-4-6-8-10-13-31-19-16-21-24(27)20-15-18(26(28)32-14-9-7-5-2)11-12-22(20)33-25(21)23(17-19)34(3,29)30/h11-12,15-17H,4-10,13-14H2,1-3H3. The molecule has 0 unspecified atom stereocenters. The van der Waals surface area contributed by atoms with Gasteiger partial charge in [-0.15, -0.1) is 0 Å². The Morgan fingerprint density at radius 2 is 1.62 bits per heavy atom. The van der Waals surface area contributed by atoms with Crippen LogP contribution < -0.4 is 10.2 Å². The number of fused-ring (bicyclic) bond motifs is 2. The number of esters is 1. The summed E-state index contributed by atoms with van der Waals surface area (Å²) in [5.74, 6) is -0.221. The van der Waals surface area contributed by atoms with E-state index in [9.17, 15) is 18.0 Å². The molecule has 3 rings (SSSR count). The summed E-state index contributed by atoms with van der Waals surface area (Å²) in [6.07, 6.45) is 7.84. The van der Waals surface area contributed by atoms with Crippen molar-refractivity contribution < 1.29 is 27.1 Å². The number of unbranched alkanes of at least 4 members (excludes halogenated alkanes) is 5. The summed E-state index contributed by atoms with van der Waals surface area (Å²) in [4.78, 5) is 25.6. The van der Waals surface area contributed by atoms with E-state index in [1.54, 1.807) is 0 Å². The molecule has 184 valence electrons. The van der Waals surface area contributed by atoms with E-state index in [1.165, 1.54) is 30.3 Å². The van der Waals surface area contributed by atoms with Crippen molar-refractivity contribution in [1.29, 1.82) is 0 Å². The Labute approximate surface area is 200 Å². The molecule has 0 amide bonds. The highest BCUT2D eigenvalue weighted by molar-refractivity contribution is 7.91. The summed E-state index contributed by atoms with van der Waals surface area (Å²) < 4.78 is 41.9. The molecule has 0 aliphatic heterocycles. The van der Waals surface area contributed by atoms with Crippen molar-refractivity contribution in [3.63, 3.8) is 0 Å². The van der Waals surface area contributed by atoms with Crippen LogP contribution in [0.4, 0.5) is 0 Å². The minimum Gasteiger partial charge on any atom is -0.494 e. The molecule has 2 aromatic carbocycles. The first-order valence-electron chi connectivity index (χ1n) is 11.8. The Kier molecular flexibility index (Phi) is 8.72. The van der Waals surface area contributed by atoms with Crippen molar-refractivity contribution in [2.45, 2.75) is 63.7 Å². The van der Waals surface area contributed by atoms with Crippen LogP contribution in [0, 0.1) is 0 Å². The van der Waals surface area contributed by atoms with Crippen molar-refractivity contribution in [2.24, 2.45) is 0 Å². The van der Waals surface area contributed by atoms with Crippen LogP contribution >= 0.6 is 0 Å². The van der Waals surface area contributed by atoms with Crippen molar-refractivity contribution in [3.8, 4) is 5.75 Å². The van der Waals surface area contributed by atoms with E-state index >= 15 is 0 Å². The number of hydrogen-bond donors (Lipinski definition) is 0. The van der Waals surface area contributed by atoms with Gasteiger partial charge in [-0.3, -0.25) is 4.79 Å². The van der Waals surface area contributed by atoms with E-state index in [0.717, 1.165) is 51.2 Å². The number of sulfone groups is 1. The zero-order chi connectivity index (χ0) is 24.7. The zero-order valence-electron chi connectivity index (χ0n) is 20.0. The van der Waals surface area contributed by atoms with Crippen LogP contribution in [0.15, 0.2) is 44.4 Å². The molecule has 0 aliphatic rings. The molecular weight excluding hydrogens is 456 g/mol. The summed E-state index contributed by atoms with van der Waals surface area (Å²) in [7, 11) is -3.70. The average molecular weight is 489 g/mol. The Hall–Kier alpha value is -2.87. The molecule has 0 saturated carbocycles. The Bertz CT molecular complexity index is 1320. The van der Waals surface area contributed by atoms with Gasteiger partial charge in [0, 0.05) is 12.3 Å². The van der Waals surface area contributed by atoms with Crippen LogP contribution in [0.25, 0.3) is 21.9 Å². The maximum absolute atomic E-state index is 13.3. The smallest absolute Gasteiger partial charge is 0.338 e. The van der Waals surface area contributed by atoms with Gasteiger partial charge < -0.3 is 13.9 Å². The predicted octanol–water partition coefficient (Wildman–Crippen LogP) is 5.66. The fraction of sp³-hybridized carbons (Fsp3) is 0.462. The summed E-state index contributed by atoms with van der Waals surface area (Å²) in [5.41, 5.74) is -0.0214. The minimum atomic E-state index is -3.70. The van der Waals surface area contributed by atoms with Gasteiger partial charge in [0.1, 0.15) is 16.2 Å². The molecule has 0 N–H and O–H groups in total. The molecule has 0 radical (unpaired) electrons. The van der Waals surface area contributed by atoms with Gasteiger partial charge in [-0.2, -0.15) is 0 Å². The van der Waals surface area contributed by atoms with Gasteiger partial charge in [0.25, 0.3) is 0 Å². The molecular formula is C26H32O7S.